The van der Waals surface area contributed by atoms with Gasteiger partial charge in [0.05, 0.1) is 16.8 Å². The lowest BCUT2D eigenvalue weighted by atomic mass is 9.94. The summed E-state index contributed by atoms with van der Waals surface area (Å²) in [6.45, 7) is 1.95. The van der Waals surface area contributed by atoms with Crippen molar-refractivity contribution in [2.45, 2.75) is 32.6 Å². The molecule has 1 aliphatic carbocycles. The average molecular weight is 322 g/mol. The molecule has 0 radical (unpaired) electrons. The lowest BCUT2D eigenvalue weighted by Crippen LogP contribution is -2.07. The minimum Gasteiger partial charge on any atom is -0.478 e. The molecule has 1 aromatic heterocycles. The summed E-state index contributed by atoms with van der Waals surface area (Å²) in [5, 5.41) is 12.5. The zero-order valence-corrected chi connectivity index (χ0v) is 13.4. The Morgan fingerprint density at radius 3 is 2.83 bits per heavy atom. The molecule has 0 fully saturated rings. The summed E-state index contributed by atoms with van der Waals surface area (Å²) in [6.07, 6.45) is 5.39. The highest BCUT2D eigenvalue weighted by atomic mass is 16.4. The van der Waals surface area contributed by atoms with Gasteiger partial charge in [0, 0.05) is 16.9 Å². The first-order valence-electron chi connectivity index (χ1n) is 8.16. The van der Waals surface area contributed by atoms with Crippen LogP contribution in [0.3, 0.4) is 0 Å². The number of aryl methyl sites for hydroxylation is 2. The van der Waals surface area contributed by atoms with Crippen molar-refractivity contribution in [3.05, 3.63) is 51.8 Å². The molecule has 0 atom stereocenters. The number of carboxylic acid groups (broad SMARTS) is 1. The average Bonchev–Trinajstić information content (AvgIpc) is 3.06. The standard InChI is InChI=1S/C19H18N2O3/c1-10-5-4-8-14-16(10)12(18(22)21-14)9-15-17(19(23)24)11-6-2-3-7-13(11)20-15/h4-5,8-9,20H,2-3,6-7H2,1H3,(H,21,22)(H,23,24). The number of rotatable bonds is 2. The number of aromatic nitrogens is 1. The molecule has 1 aliphatic heterocycles. The van der Waals surface area contributed by atoms with Crippen LogP contribution in [0, 0.1) is 6.92 Å². The van der Waals surface area contributed by atoms with Crippen LogP contribution in [-0.2, 0) is 17.6 Å². The third-order valence-electron chi connectivity index (χ3n) is 4.86. The Kier molecular flexibility index (Phi) is 3.30. The molecule has 2 aliphatic rings. The highest BCUT2D eigenvalue weighted by Gasteiger charge is 2.28. The molecule has 4 rings (SSSR count). The van der Waals surface area contributed by atoms with E-state index in [1.807, 2.05) is 25.1 Å². The van der Waals surface area contributed by atoms with Crippen LogP contribution in [0.1, 0.15) is 51.3 Å². The van der Waals surface area contributed by atoms with Crippen molar-refractivity contribution in [2.75, 3.05) is 5.32 Å². The smallest absolute Gasteiger partial charge is 0.338 e. The van der Waals surface area contributed by atoms with E-state index in [4.69, 9.17) is 0 Å². The van der Waals surface area contributed by atoms with Gasteiger partial charge in [-0.05, 0) is 55.9 Å². The van der Waals surface area contributed by atoms with Gasteiger partial charge >= 0.3 is 5.97 Å². The molecule has 122 valence electrons. The van der Waals surface area contributed by atoms with Gasteiger partial charge in [0.2, 0.25) is 0 Å². The first kappa shape index (κ1) is 14.8. The second kappa shape index (κ2) is 5.37. The minimum atomic E-state index is -0.940. The second-order valence-corrected chi connectivity index (χ2v) is 6.39. The molecule has 0 spiro atoms. The van der Waals surface area contributed by atoms with E-state index in [9.17, 15) is 14.7 Å². The number of carbonyl (C=O) groups is 2. The zero-order valence-electron chi connectivity index (χ0n) is 13.4. The number of carbonyl (C=O) groups excluding carboxylic acids is 1. The van der Waals surface area contributed by atoms with Crippen LogP contribution in [0.2, 0.25) is 0 Å². The van der Waals surface area contributed by atoms with Crippen molar-refractivity contribution in [2.24, 2.45) is 0 Å². The predicted molar refractivity (Wildman–Crippen MR) is 92.1 cm³/mol. The molecule has 2 aromatic rings. The van der Waals surface area contributed by atoms with E-state index in [1.54, 1.807) is 6.08 Å². The Morgan fingerprint density at radius 2 is 2.04 bits per heavy atom. The molecule has 0 saturated heterocycles. The van der Waals surface area contributed by atoms with Crippen LogP contribution in [-0.4, -0.2) is 22.0 Å². The maximum absolute atomic E-state index is 12.4. The highest BCUT2D eigenvalue weighted by molar-refractivity contribution is 6.35. The van der Waals surface area contributed by atoms with E-state index < -0.39 is 5.97 Å². The number of aromatic carboxylic acids is 1. The SMILES string of the molecule is Cc1cccc2c1C(=Cc1[nH]c3c(c1C(=O)O)CCCC3)C(=O)N2. The zero-order chi connectivity index (χ0) is 16.8. The highest BCUT2D eigenvalue weighted by Crippen LogP contribution is 2.37. The van der Waals surface area contributed by atoms with Gasteiger partial charge in [-0.3, -0.25) is 4.79 Å². The normalized spacial score (nSPS) is 17.5. The number of benzene rings is 1. The molecule has 5 nitrogen and oxygen atoms in total. The number of amides is 1. The Balaban J connectivity index is 1.90. The lowest BCUT2D eigenvalue weighted by Gasteiger charge is -2.10. The van der Waals surface area contributed by atoms with Crippen LogP contribution >= 0.6 is 0 Å². The van der Waals surface area contributed by atoms with Crippen molar-refractivity contribution >= 4 is 29.2 Å². The van der Waals surface area contributed by atoms with Crippen molar-refractivity contribution in [3.63, 3.8) is 0 Å². The van der Waals surface area contributed by atoms with Crippen LogP contribution < -0.4 is 5.32 Å². The summed E-state index contributed by atoms with van der Waals surface area (Å²) in [5.41, 5.74) is 5.86. The Morgan fingerprint density at radius 1 is 1.25 bits per heavy atom. The third kappa shape index (κ3) is 2.16. The Hall–Kier alpha value is -2.82. The number of hydrogen-bond acceptors (Lipinski definition) is 2. The Bertz CT molecular complexity index is 906. The summed E-state index contributed by atoms with van der Waals surface area (Å²) in [6, 6.07) is 5.71. The number of anilines is 1. The summed E-state index contributed by atoms with van der Waals surface area (Å²) in [5.74, 6) is -1.13. The van der Waals surface area contributed by atoms with Crippen LogP contribution in [0.25, 0.3) is 11.6 Å². The molecule has 24 heavy (non-hydrogen) atoms. The molecule has 0 bridgehead atoms. The molecular weight excluding hydrogens is 304 g/mol. The fourth-order valence-corrected chi connectivity index (χ4v) is 3.77. The van der Waals surface area contributed by atoms with E-state index in [0.29, 0.717) is 16.8 Å². The second-order valence-electron chi connectivity index (χ2n) is 6.39. The topological polar surface area (TPSA) is 82.2 Å². The minimum absolute atomic E-state index is 0.191. The van der Waals surface area contributed by atoms with Crippen LogP contribution in [0.5, 0.6) is 0 Å². The molecule has 1 amide bonds. The summed E-state index contributed by atoms with van der Waals surface area (Å²) in [4.78, 5) is 27.4. The van der Waals surface area contributed by atoms with Crippen molar-refractivity contribution in [1.82, 2.24) is 4.98 Å². The van der Waals surface area contributed by atoms with E-state index in [0.717, 1.165) is 53.8 Å². The van der Waals surface area contributed by atoms with Crippen molar-refractivity contribution in [1.29, 1.82) is 0 Å². The van der Waals surface area contributed by atoms with Gasteiger partial charge in [0.25, 0.3) is 5.91 Å². The summed E-state index contributed by atoms with van der Waals surface area (Å²) >= 11 is 0. The molecular formula is C19H18N2O3. The monoisotopic (exact) mass is 322 g/mol. The molecule has 3 N–H and O–H groups in total. The number of fused-ring (bicyclic) bond motifs is 2. The van der Waals surface area contributed by atoms with Gasteiger partial charge in [-0.15, -0.1) is 0 Å². The number of carboxylic acids is 1. The number of H-pyrrole nitrogens is 1. The molecule has 2 heterocycles. The van der Waals surface area contributed by atoms with E-state index in [1.165, 1.54) is 0 Å². The quantitative estimate of drug-likeness (QED) is 0.741. The van der Waals surface area contributed by atoms with E-state index in [2.05, 4.69) is 10.3 Å². The number of nitrogens with one attached hydrogen (secondary N) is 2. The fourth-order valence-electron chi connectivity index (χ4n) is 3.77. The summed E-state index contributed by atoms with van der Waals surface area (Å²) < 4.78 is 0. The Labute approximate surface area is 139 Å². The van der Waals surface area contributed by atoms with E-state index in [-0.39, 0.29) is 5.91 Å². The maximum Gasteiger partial charge on any atom is 0.338 e. The van der Waals surface area contributed by atoms with Gasteiger partial charge < -0.3 is 15.4 Å². The maximum atomic E-state index is 12.4. The number of hydrogen-bond donors (Lipinski definition) is 3. The number of aromatic amines is 1. The van der Waals surface area contributed by atoms with Gasteiger partial charge in [-0.25, -0.2) is 4.79 Å². The largest absolute Gasteiger partial charge is 0.478 e. The first-order valence-corrected chi connectivity index (χ1v) is 8.16. The molecule has 0 unspecified atom stereocenters. The third-order valence-corrected chi connectivity index (χ3v) is 4.86. The van der Waals surface area contributed by atoms with Gasteiger partial charge in [0.1, 0.15) is 0 Å². The molecule has 1 aromatic carbocycles. The molecule has 0 saturated carbocycles. The summed E-state index contributed by atoms with van der Waals surface area (Å²) in [7, 11) is 0. The van der Waals surface area contributed by atoms with Gasteiger partial charge in [-0.2, -0.15) is 0 Å². The van der Waals surface area contributed by atoms with Crippen molar-refractivity contribution < 1.29 is 14.7 Å². The predicted octanol–water partition coefficient (Wildman–Crippen LogP) is 3.39. The lowest BCUT2D eigenvalue weighted by molar-refractivity contribution is -0.110. The van der Waals surface area contributed by atoms with Crippen LogP contribution in [0.15, 0.2) is 18.2 Å². The fraction of sp³-hybridized carbons (Fsp3) is 0.263. The van der Waals surface area contributed by atoms with Crippen LogP contribution in [0.4, 0.5) is 5.69 Å². The van der Waals surface area contributed by atoms with Gasteiger partial charge in [-0.1, -0.05) is 12.1 Å². The van der Waals surface area contributed by atoms with Crippen molar-refractivity contribution in [3.8, 4) is 0 Å². The first-order chi connectivity index (χ1) is 11.6. The van der Waals surface area contributed by atoms with Gasteiger partial charge in [0.15, 0.2) is 0 Å². The van der Waals surface area contributed by atoms with E-state index >= 15 is 0 Å². The molecule has 5 heteroatoms.